The van der Waals surface area contributed by atoms with Gasteiger partial charge in [0, 0.05) is 25.4 Å². The first kappa shape index (κ1) is 8.78. The molecular weight excluding hydrogens is 258 g/mol. The van der Waals surface area contributed by atoms with E-state index in [2.05, 4.69) is 31.8 Å². The molecule has 0 aliphatic heterocycles. The Morgan fingerprint density at radius 3 is 2.25 bits per heavy atom. The zero-order valence-corrected chi connectivity index (χ0v) is 13.8. The van der Waals surface area contributed by atoms with Crippen molar-refractivity contribution in [3.63, 3.8) is 0 Å². The number of aromatic nitrogens is 1. The molecule has 1 nitrogen and oxygen atoms in total. The van der Waals surface area contributed by atoms with E-state index in [0.29, 0.717) is 5.69 Å². The molecule has 0 radical (unpaired) electrons. The van der Waals surface area contributed by atoms with Gasteiger partial charge in [-0.3, -0.25) is 0 Å². The summed E-state index contributed by atoms with van der Waals surface area (Å²) in [6.45, 7) is 3.87. The highest BCUT2D eigenvalue weighted by Gasteiger charge is 2.19. The van der Waals surface area contributed by atoms with Gasteiger partial charge >= 0.3 is 0 Å². The standard InChI is InChI=1S/C18H26NSi/c1-13-11-18(19(4)12-15(13)3)17-9-8-16(10-14(17)2)20(5,6)7/h8-12H,1-7H3/q+1/i1D3,3D3. The van der Waals surface area contributed by atoms with E-state index in [1.54, 1.807) is 11.6 Å². The lowest BCUT2D eigenvalue weighted by atomic mass is 10.0. The van der Waals surface area contributed by atoms with Crippen LogP contribution in [0.25, 0.3) is 11.3 Å². The van der Waals surface area contributed by atoms with Crippen molar-refractivity contribution in [1.82, 2.24) is 0 Å². The van der Waals surface area contributed by atoms with Crippen LogP contribution in [0.4, 0.5) is 0 Å². The summed E-state index contributed by atoms with van der Waals surface area (Å²) < 4.78 is 48.1. The predicted molar refractivity (Wildman–Crippen MR) is 90.2 cm³/mol. The summed E-state index contributed by atoms with van der Waals surface area (Å²) in [5.41, 5.74) is 2.43. The maximum Gasteiger partial charge on any atom is 0.212 e. The quantitative estimate of drug-likeness (QED) is 0.587. The van der Waals surface area contributed by atoms with E-state index in [0.717, 1.165) is 11.1 Å². The zero-order chi connectivity index (χ0) is 20.1. The molecule has 2 heteroatoms. The lowest BCUT2D eigenvalue weighted by Gasteiger charge is -2.18. The van der Waals surface area contributed by atoms with E-state index in [4.69, 9.17) is 8.22 Å². The summed E-state index contributed by atoms with van der Waals surface area (Å²) in [6, 6.07) is 7.78. The molecule has 0 N–H and O–H groups in total. The number of nitrogens with zero attached hydrogens (tertiary/aromatic N) is 1. The Morgan fingerprint density at radius 2 is 1.70 bits per heavy atom. The van der Waals surface area contributed by atoms with Crippen molar-refractivity contribution in [1.29, 1.82) is 0 Å². The summed E-state index contributed by atoms with van der Waals surface area (Å²) in [4.78, 5) is 0. The van der Waals surface area contributed by atoms with Crippen molar-refractivity contribution in [2.45, 2.75) is 40.3 Å². The number of pyridine rings is 1. The molecule has 0 fully saturated rings. The molecule has 0 aliphatic rings. The van der Waals surface area contributed by atoms with E-state index < -0.39 is 21.8 Å². The van der Waals surface area contributed by atoms with E-state index in [9.17, 15) is 0 Å². The van der Waals surface area contributed by atoms with Crippen LogP contribution in [0.3, 0.4) is 0 Å². The summed E-state index contributed by atoms with van der Waals surface area (Å²) in [6.07, 6.45) is 1.43. The lowest BCUT2D eigenvalue weighted by Crippen LogP contribution is -2.38. The van der Waals surface area contributed by atoms with Gasteiger partial charge in [-0.25, -0.2) is 4.57 Å². The predicted octanol–water partition coefficient (Wildman–Crippen LogP) is 3.65. The molecule has 20 heavy (non-hydrogen) atoms. The minimum Gasteiger partial charge on any atom is -0.201 e. The molecule has 0 atom stereocenters. The fourth-order valence-electron chi connectivity index (χ4n) is 2.33. The number of rotatable bonds is 2. The Hall–Kier alpha value is -1.41. The first-order chi connectivity index (χ1) is 11.6. The van der Waals surface area contributed by atoms with Gasteiger partial charge in [-0.1, -0.05) is 37.0 Å². The van der Waals surface area contributed by atoms with E-state index in [-0.39, 0.29) is 11.1 Å². The summed E-state index contributed by atoms with van der Waals surface area (Å²) >= 11 is 0. The number of benzene rings is 1. The molecule has 0 amide bonds. The second kappa shape index (κ2) is 5.17. The van der Waals surface area contributed by atoms with Gasteiger partial charge in [-0.15, -0.1) is 0 Å². The molecule has 0 spiro atoms. The molecule has 0 saturated heterocycles. The Morgan fingerprint density at radius 1 is 1.00 bits per heavy atom. The molecule has 1 heterocycles. The number of aryl methyl sites for hydroxylation is 4. The van der Waals surface area contributed by atoms with Gasteiger partial charge in [0.25, 0.3) is 0 Å². The lowest BCUT2D eigenvalue weighted by molar-refractivity contribution is -0.660. The molecule has 1 aromatic carbocycles. The van der Waals surface area contributed by atoms with Crippen LogP contribution in [0.15, 0.2) is 30.5 Å². The summed E-state index contributed by atoms with van der Waals surface area (Å²) in [5.74, 6) is 0. The van der Waals surface area contributed by atoms with Crippen molar-refractivity contribution in [2.24, 2.45) is 7.05 Å². The maximum absolute atomic E-state index is 7.77. The molecule has 106 valence electrons. The maximum atomic E-state index is 7.77. The normalized spacial score (nSPS) is 17.4. The molecule has 2 aromatic rings. The van der Waals surface area contributed by atoms with Gasteiger partial charge in [0.1, 0.15) is 7.05 Å². The number of hydrogen-bond donors (Lipinski definition) is 0. The van der Waals surface area contributed by atoms with E-state index in [1.807, 2.05) is 13.0 Å². The highest BCUT2D eigenvalue weighted by atomic mass is 28.3. The van der Waals surface area contributed by atoms with Gasteiger partial charge in [0.15, 0.2) is 6.20 Å². The van der Waals surface area contributed by atoms with Crippen LogP contribution in [0.2, 0.25) is 19.6 Å². The van der Waals surface area contributed by atoms with Crippen LogP contribution in [0.1, 0.15) is 24.9 Å². The smallest absolute Gasteiger partial charge is 0.201 e. The van der Waals surface area contributed by atoms with Crippen LogP contribution < -0.4 is 9.75 Å². The van der Waals surface area contributed by atoms with Crippen LogP contribution >= 0.6 is 0 Å². The SMILES string of the molecule is [2H]C([2H])([2H])c1cc(-c2ccc([Si](C)(C)C)cc2C)[n+](C)cc1C([2H])([2H])[2H]. The Bertz CT molecular complexity index is 831. The van der Waals surface area contributed by atoms with E-state index in [1.165, 1.54) is 17.4 Å². The van der Waals surface area contributed by atoms with Crippen LogP contribution in [-0.2, 0) is 7.05 Å². The van der Waals surface area contributed by atoms with Crippen LogP contribution in [0.5, 0.6) is 0 Å². The first-order valence-corrected chi connectivity index (χ1v) is 10.3. The third kappa shape index (κ3) is 2.85. The molecule has 0 unspecified atom stereocenters. The fourth-order valence-corrected chi connectivity index (χ4v) is 3.57. The van der Waals surface area contributed by atoms with Crippen molar-refractivity contribution < 1.29 is 12.8 Å². The van der Waals surface area contributed by atoms with Crippen molar-refractivity contribution >= 4 is 13.3 Å². The molecule has 0 bridgehead atoms. The van der Waals surface area contributed by atoms with Crippen molar-refractivity contribution in [3.8, 4) is 11.3 Å². The molecule has 2 rings (SSSR count). The van der Waals surface area contributed by atoms with Gasteiger partial charge in [0.05, 0.1) is 8.07 Å². The van der Waals surface area contributed by atoms with Crippen molar-refractivity contribution in [3.05, 3.63) is 47.2 Å². The highest BCUT2D eigenvalue weighted by molar-refractivity contribution is 6.88. The minimum absolute atomic E-state index is 0.112. The summed E-state index contributed by atoms with van der Waals surface area (Å²) in [7, 11) is 0.302. The van der Waals surface area contributed by atoms with Gasteiger partial charge in [-0.2, -0.15) is 0 Å². The summed E-state index contributed by atoms with van der Waals surface area (Å²) in [5, 5.41) is 1.33. The molecular formula is C18H26NSi+. The molecule has 1 aromatic heterocycles. The zero-order valence-electron chi connectivity index (χ0n) is 18.8. The average Bonchev–Trinajstić information content (AvgIpc) is 2.44. The third-order valence-corrected chi connectivity index (χ3v) is 5.69. The Labute approximate surface area is 132 Å². The van der Waals surface area contributed by atoms with Crippen LogP contribution in [-0.4, -0.2) is 8.07 Å². The first-order valence-electron chi connectivity index (χ1n) is 9.78. The molecule has 0 saturated carbocycles. The van der Waals surface area contributed by atoms with Crippen molar-refractivity contribution in [2.75, 3.05) is 0 Å². The van der Waals surface area contributed by atoms with Gasteiger partial charge < -0.3 is 0 Å². The number of hydrogen-bond acceptors (Lipinski definition) is 0. The largest absolute Gasteiger partial charge is 0.212 e. The fraction of sp³-hybridized carbons (Fsp3) is 0.389. The van der Waals surface area contributed by atoms with Crippen LogP contribution in [0, 0.1) is 20.6 Å². The second-order valence-corrected chi connectivity index (χ2v) is 11.5. The van der Waals surface area contributed by atoms with Gasteiger partial charge in [-0.05, 0) is 37.8 Å². The Kier molecular flexibility index (Phi) is 2.27. The third-order valence-electron chi connectivity index (χ3n) is 3.64. The second-order valence-electron chi connectivity index (χ2n) is 6.38. The molecule has 0 aliphatic carbocycles. The Balaban J connectivity index is 2.72. The van der Waals surface area contributed by atoms with Gasteiger partial charge in [0.2, 0.25) is 5.69 Å². The average molecular weight is 291 g/mol. The monoisotopic (exact) mass is 290 g/mol. The topological polar surface area (TPSA) is 3.88 Å². The van der Waals surface area contributed by atoms with E-state index >= 15 is 0 Å². The minimum atomic E-state index is -2.49. The highest BCUT2D eigenvalue weighted by Crippen LogP contribution is 2.22.